The molecule has 0 radical (unpaired) electrons. The summed E-state index contributed by atoms with van der Waals surface area (Å²) in [6, 6.07) is 12.0. The third kappa shape index (κ3) is 3.61. The van der Waals surface area contributed by atoms with E-state index in [1.54, 1.807) is 37.3 Å². The monoisotopic (exact) mass is 302 g/mol. The van der Waals surface area contributed by atoms with Crippen molar-refractivity contribution >= 4 is 29.1 Å². The molecule has 0 aliphatic heterocycles. The molecule has 2 aromatic rings. The van der Waals surface area contributed by atoms with E-state index in [0.29, 0.717) is 22.7 Å². The van der Waals surface area contributed by atoms with Gasteiger partial charge in [0.05, 0.1) is 0 Å². The first-order valence-corrected chi connectivity index (χ1v) is 6.91. The molecular formula is C16H15ClN2O2. The highest BCUT2D eigenvalue weighted by molar-refractivity contribution is 6.17. The van der Waals surface area contributed by atoms with E-state index in [9.17, 15) is 9.59 Å². The van der Waals surface area contributed by atoms with Crippen LogP contribution in [0.25, 0.3) is 0 Å². The van der Waals surface area contributed by atoms with Gasteiger partial charge in [0.1, 0.15) is 0 Å². The lowest BCUT2D eigenvalue weighted by Gasteiger charge is -2.09. The topological polar surface area (TPSA) is 72.2 Å². The Balaban J connectivity index is 2.17. The number of anilines is 1. The molecular weight excluding hydrogens is 288 g/mol. The maximum atomic E-state index is 12.1. The number of nitrogens with one attached hydrogen (secondary N) is 1. The molecule has 4 nitrogen and oxygen atoms in total. The van der Waals surface area contributed by atoms with Gasteiger partial charge in [0.2, 0.25) is 5.91 Å². The maximum Gasteiger partial charge on any atom is 0.255 e. The van der Waals surface area contributed by atoms with Gasteiger partial charge in [-0.2, -0.15) is 0 Å². The first kappa shape index (κ1) is 15.1. The molecule has 0 heterocycles. The molecule has 0 aliphatic rings. The van der Waals surface area contributed by atoms with Gasteiger partial charge in [-0.25, -0.2) is 0 Å². The van der Waals surface area contributed by atoms with E-state index in [1.807, 2.05) is 12.1 Å². The molecule has 0 unspecified atom stereocenters. The van der Waals surface area contributed by atoms with Crippen molar-refractivity contribution in [3.05, 3.63) is 64.7 Å². The second-order valence-electron chi connectivity index (χ2n) is 4.68. The van der Waals surface area contributed by atoms with Gasteiger partial charge in [-0.3, -0.25) is 9.59 Å². The number of amides is 2. The summed E-state index contributed by atoms with van der Waals surface area (Å²) in [7, 11) is 0. The predicted molar refractivity (Wildman–Crippen MR) is 83.6 cm³/mol. The van der Waals surface area contributed by atoms with Crippen molar-refractivity contribution in [1.29, 1.82) is 0 Å². The first-order chi connectivity index (χ1) is 10.0. The molecule has 2 rings (SSSR count). The molecule has 0 bridgehead atoms. The lowest BCUT2D eigenvalue weighted by atomic mass is 10.1. The highest BCUT2D eigenvalue weighted by atomic mass is 35.5. The average Bonchev–Trinajstić information content (AvgIpc) is 2.49. The number of carbonyl (C=O) groups is 2. The summed E-state index contributed by atoms with van der Waals surface area (Å²) in [6.45, 7) is 1.80. The Morgan fingerprint density at radius 1 is 1.10 bits per heavy atom. The van der Waals surface area contributed by atoms with Gasteiger partial charge < -0.3 is 11.1 Å². The summed E-state index contributed by atoms with van der Waals surface area (Å²) in [4.78, 5) is 23.2. The van der Waals surface area contributed by atoms with Crippen molar-refractivity contribution in [3.8, 4) is 0 Å². The van der Waals surface area contributed by atoms with E-state index >= 15 is 0 Å². The van der Waals surface area contributed by atoms with Gasteiger partial charge in [-0.05, 0) is 48.4 Å². The second kappa shape index (κ2) is 6.41. The second-order valence-corrected chi connectivity index (χ2v) is 4.95. The van der Waals surface area contributed by atoms with Crippen LogP contribution in [0.15, 0.2) is 42.5 Å². The molecule has 0 saturated carbocycles. The highest BCUT2D eigenvalue weighted by Crippen LogP contribution is 2.18. The summed E-state index contributed by atoms with van der Waals surface area (Å²) >= 11 is 5.71. The molecule has 0 aliphatic carbocycles. The van der Waals surface area contributed by atoms with E-state index in [-0.39, 0.29) is 5.91 Å². The minimum absolute atomic E-state index is 0.217. The summed E-state index contributed by atoms with van der Waals surface area (Å²) in [5.74, 6) is -0.297. The Bertz CT molecular complexity index is 681. The molecule has 0 saturated heterocycles. The standard InChI is InChI=1S/C16H15ClN2O2/c1-10-8-13(15(18)20)6-7-14(10)19-16(21)12-4-2-11(9-17)3-5-12/h2-8H,9H2,1H3,(H2,18,20)(H,19,21). The number of aryl methyl sites for hydroxylation is 1. The van der Waals surface area contributed by atoms with E-state index < -0.39 is 5.91 Å². The van der Waals surface area contributed by atoms with Crippen molar-refractivity contribution in [2.45, 2.75) is 12.8 Å². The van der Waals surface area contributed by atoms with Crippen molar-refractivity contribution in [2.75, 3.05) is 5.32 Å². The third-order valence-electron chi connectivity index (χ3n) is 3.13. The summed E-state index contributed by atoms with van der Waals surface area (Å²) in [5.41, 5.74) is 8.55. The van der Waals surface area contributed by atoms with E-state index in [4.69, 9.17) is 17.3 Å². The van der Waals surface area contributed by atoms with Gasteiger partial charge in [0.25, 0.3) is 5.91 Å². The number of primary amides is 1. The first-order valence-electron chi connectivity index (χ1n) is 6.38. The molecule has 108 valence electrons. The molecule has 2 aromatic carbocycles. The molecule has 0 spiro atoms. The number of benzene rings is 2. The van der Waals surface area contributed by atoms with Gasteiger partial charge in [0, 0.05) is 22.7 Å². The van der Waals surface area contributed by atoms with Crippen molar-refractivity contribution in [3.63, 3.8) is 0 Å². The highest BCUT2D eigenvalue weighted by Gasteiger charge is 2.09. The Kier molecular flexibility index (Phi) is 4.60. The minimum atomic E-state index is -0.493. The van der Waals surface area contributed by atoms with E-state index in [2.05, 4.69) is 5.32 Å². The number of hydrogen-bond donors (Lipinski definition) is 2. The molecule has 0 aromatic heterocycles. The van der Waals surface area contributed by atoms with E-state index in [1.165, 1.54) is 0 Å². The third-order valence-corrected chi connectivity index (χ3v) is 3.44. The van der Waals surface area contributed by atoms with E-state index in [0.717, 1.165) is 11.1 Å². The van der Waals surface area contributed by atoms with Crippen LogP contribution in [0.2, 0.25) is 0 Å². The maximum absolute atomic E-state index is 12.1. The summed E-state index contributed by atoms with van der Waals surface area (Å²) in [5, 5.41) is 2.81. The van der Waals surface area contributed by atoms with Crippen LogP contribution in [0.5, 0.6) is 0 Å². The molecule has 5 heteroatoms. The molecule has 3 N–H and O–H groups in total. The lowest BCUT2D eigenvalue weighted by molar-refractivity contribution is 0.0998. The fourth-order valence-corrected chi connectivity index (χ4v) is 2.08. The lowest BCUT2D eigenvalue weighted by Crippen LogP contribution is -2.14. The largest absolute Gasteiger partial charge is 0.366 e. The number of hydrogen-bond acceptors (Lipinski definition) is 2. The zero-order chi connectivity index (χ0) is 15.4. The number of alkyl halides is 1. The van der Waals surface area contributed by atoms with Crippen LogP contribution < -0.4 is 11.1 Å². The molecule has 0 atom stereocenters. The van der Waals surface area contributed by atoms with Crippen LogP contribution in [-0.2, 0) is 5.88 Å². The van der Waals surface area contributed by atoms with Crippen molar-refractivity contribution < 1.29 is 9.59 Å². The number of carbonyl (C=O) groups excluding carboxylic acids is 2. The Hall–Kier alpha value is -2.33. The van der Waals surface area contributed by atoms with Crippen molar-refractivity contribution in [1.82, 2.24) is 0 Å². The van der Waals surface area contributed by atoms with Crippen molar-refractivity contribution in [2.24, 2.45) is 5.73 Å². The fourth-order valence-electron chi connectivity index (χ4n) is 1.90. The Morgan fingerprint density at radius 2 is 1.71 bits per heavy atom. The normalized spacial score (nSPS) is 10.2. The zero-order valence-electron chi connectivity index (χ0n) is 11.5. The molecule has 0 fully saturated rings. The SMILES string of the molecule is Cc1cc(C(N)=O)ccc1NC(=O)c1ccc(CCl)cc1. The fraction of sp³-hybridized carbons (Fsp3) is 0.125. The van der Waals surface area contributed by atoms with Crippen LogP contribution >= 0.6 is 11.6 Å². The number of halogens is 1. The smallest absolute Gasteiger partial charge is 0.255 e. The van der Waals surface area contributed by atoms with Crippen LogP contribution in [-0.4, -0.2) is 11.8 Å². The minimum Gasteiger partial charge on any atom is -0.366 e. The number of nitrogens with two attached hydrogens (primary N) is 1. The molecule has 2 amide bonds. The Labute approximate surface area is 127 Å². The van der Waals surface area contributed by atoms with Crippen LogP contribution in [0.1, 0.15) is 31.8 Å². The summed E-state index contributed by atoms with van der Waals surface area (Å²) < 4.78 is 0. The zero-order valence-corrected chi connectivity index (χ0v) is 12.3. The number of rotatable bonds is 4. The summed E-state index contributed by atoms with van der Waals surface area (Å²) in [6.07, 6.45) is 0. The molecule has 21 heavy (non-hydrogen) atoms. The van der Waals surface area contributed by atoms with Crippen LogP contribution in [0.4, 0.5) is 5.69 Å². The van der Waals surface area contributed by atoms with Crippen LogP contribution in [0.3, 0.4) is 0 Å². The van der Waals surface area contributed by atoms with Gasteiger partial charge in [0.15, 0.2) is 0 Å². The van der Waals surface area contributed by atoms with Gasteiger partial charge in [-0.15, -0.1) is 11.6 Å². The predicted octanol–water partition coefficient (Wildman–Crippen LogP) is 3.09. The Morgan fingerprint density at radius 3 is 2.24 bits per heavy atom. The average molecular weight is 303 g/mol. The van der Waals surface area contributed by atoms with Gasteiger partial charge in [-0.1, -0.05) is 12.1 Å². The quantitative estimate of drug-likeness (QED) is 0.852. The van der Waals surface area contributed by atoms with Crippen LogP contribution in [0, 0.1) is 6.92 Å². The van der Waals surface area contributed by atoms with Gasteiger partial charge >= 0.3 is 0 Å².